The summed E-state index contributed by atoms with van der Waals surface area (Å²) in [6.07, 6.45) is 1.26. The van der Waals surface area contributed by atoms with Gasteiger partial charge in [-0.15, -0.1) is 0 Å². The Morgan fingerprint density at radius 3 is 2.33 bits per heavy atom. The van der Waals surface area contributed by atoms with E-state index in [2.05, 4.69) is 23.6 Å². The molecule has 1 aliphatic rings. The highest BCUT2D eigenvalue weighted by Crippen LogP contribution is 2.33. The highest BCUT2D eigenvalue weighted by atomic mass is 35.5. The van der Waals surface area contributed by atoms with Crippen molar-refractivity contribution in [2.24, 2.45) is 5.92 Å². The van der Waals surface area contributed by atoms with Crippen molar-refractivity contribution in [3.8, 4) is 16.9 Å². The fourth-order valence-electron chi connectivity index (χ4n) is 4.53. The second-order valence-corrected chi connectivity index (χ2v) is 8.91. The van der Waals surface area contributed by atoms with Crippen LogP contribution in [-0.4, -0.2) is 41.0 Å². The zero-order valence-corrected chi connectivity index (χ0v) is 20.1. The minimum absolute atomic E-state index is 0.00245. The Labute approximate surface area is 199 Å². The Bertz CT molecular complexity index is 1160. The molecule has 172 valence electrons. The average molecular weight is 465 g/mol. The van der Waals surface area contributed by atoms with Gasteiger partial charge < -0.3 is 14.2 Å². The number of ether oxygens (including phenoxy) is 1. The molecule has 1 amide bonds. The van der Waals surface area contributed by atoms with Crippen molar-refractivity contribution in [2.45, 2.75) is 33.6 Å². The lowest BCUT2D eigenvalue weighted by Gasteiger charge is -2.31. The van der Waals surface area contributed by atoms with Crippen LogP contribution < -0.4 is 0 Å². The number of para-hydroxylation sites is 1. The number of aryl methyl sites for hydroxylation is 1. The molecule has 0 spiro atoms. The number of hydrogen-bond donors (Lipinski definition) is 0. The first-order chi connectivity index (χ1) is 15.9. The van der Waals surface area contributed by atoms with Gasteiger partial charge in [0, 0.05) is 29.5 Å². The number of esters is 1. The Morgan fingerprint density at radius 1 is 1.03 bits per heavy atom. The molecule has 0 atom stereocenters. The lowest BCUT2D eigenvalue weighted by Crippen LogP contribution is -2.40. The molecule has 2 aromatic carbocycles. The van der Waals surface area contributed by atoms with Gasteiger partial charge in [0.1, 0.15) is 0 Å². The molecule has 0 saturated carbocycles. The molecule has 2 heterocycles. The molecule has 0 radical (unpaired) electrons. The molecule has 1 saturated heterocycles. The maximum absolute atomic E-state index is 13.6. The lowest BCUT2D eigenvalue weighted by molar-refractivity contribution is -0.149. The Kier molecular flexibility index (Phi) is 6.89. The number of amides is 1. The van der Waals surface area contributed by atoms with E-state index in [9.17, 15) is 9.59 Å². The van der Waals surface area contributed by atoms with Crippen molar-refractivity contribution in [3.63, 3.8) is 0 Å². The summed E-state index contributed by atoms with van der Waals surface area (Å²) in [5.74, 6) is -0.287. The van der Waals surface area contributed by atoms with Gasteiger partial charge in [-0.05, 0) is 69.0 Å². The summed E-state index contributed by atoms with van der Waals surface area (Å²) >= 11 is 6.12. The SMILES string of the molecule is CCOC(=O)C1CCN(C(=O)c2cc(-c3ccc(Cl)cc3)n(-c3ccccc3C)c2C)CC1. The van der Waals surface area contributed by atoms with Gasteiger partial charge in [0.15, 0.2) is 0 Å². The first-order valence-corrected chi connectivity index (χ1v) is 11.8. The van der Waals surface area contributed by atoms with Crippen LogP contribution in [0.2, 0.25) is 5.02 Å². The molecule has 0 bridgehead atoms. The first kappa shape index (κ1) is 23.1. The Balaban J connectivity index is 1.69. The number of carbonyl (C=O) groups excluding carboxylic acids is 2. The molecule has 0 aliphatic carbocycles. The molecule has 1 aromatic heterocycles. The maximum Gasteiger partial charge on any atom is 0.309 e. The van der Waals surface area contributed by atoms with Crippen molar-refractivity contribution in [1.29, 1.82) is 0 Å². The van der Waals surface area contributed by atoms with Crippen molar-refractivity contribution in [2.75, 3.05) is 19.7 Å². The van der Waals surface area contributed by atoms with Gasteiger partial charge in [-0.1, -0.05) is 41.9 Å². The third-order valence-corrected chi connectivity index (χ3v) is 6.63. The zero-order valence-electron chi connectivity index (χ0n) is 19.3. The largest absolute Gasteiger partial charge is 0.466 e. The van der Waals surface area contributed by atoms with Crippen LogP contribution >= 0.6 is 11.6 Å². The summed E-state index contributed by atoms with van der Waals surface area (Å²) in [5, 5.41) is 0.672. The number of likely N-dealkylation sites (tertiary alicyclic amines) is 1. The smallest absolute Gasteiger partial charge is 0.309 e. The van der Waals surface area contributed by atoms with Crippen LogP contribution in [0.4, 0.5) is 0 Å². The van der Waals surface area contributed by atoms with Crippen LogP contribution in [0.1, 0.15) is 41.4 Å². The summed E-state index contributed by atoms with van der Waals surface area (Å²) in [6, 6.07) is 17.8. The molecule has 33 heavy (non-hydrogen) atoms. The standard InChI is InChI=1S/C27H29ClN2O3/c1-4-33-27(32)21-13-15-29(16-14-21)26(31)23-17-25(20-9-11-22(28)12-10-20)30(19(23)3)24-8-6-5-7-18(24)2/h5-12,17,21H,4,13-16H2,1-3H3. The molecule has 4 rings (SSSR count). The molecular formula is C27H29ClN2O3. The van der Waals surface area contributed by atoms with E-state index >= 15 is 0 Å². The summed E-state index contributed by atoms with van der Waals surface area (Å²) < 4.78 is 7.31. The van der Waals surface area contributed by atoms with Crippen molar-refractivity contribution in [3.05, 3.63) is 76.4 Å². The van der Waals surface area contributed by atoms with Crippen LogP contribution in [0.25, 0.3) is 16.9 Å². The van der Waals surface area contributed by atoms with Gasteiger partial charge in [0.25, 0.3) is 5.91 Å². The van der Waals surface area contributed by atoms with Crippen molar-refractivity contribution >= 4 is 23.5 Å². The van der Waals surface area contributed by atoms with Crippen LogP contribution in [0.5, 0.6) is 0 Å². The molecular weight excluding hydrogens is 436 g/mol. The molecule has 1 aliphatic heterocycles. The van der Waals surface area contributed by atoms with Crippen LogP contribution in [-0.2, 0) is 9.53 Å². The number of piperidine rings is 1. The number of aromatic nitrogens is 1. The van der Waals surface area contributed by atoms with Gasteiger partial charge in [0.05, 0.1) is 23.8 Å². The van der Waals surface area contributed by atoms with Crippen LogP contribution in [0.3, 0.4) is 0 Å². The summed E-state index contributed by atoms with van der Waals surface area (Å²) in [7, 11) is 0. The van der Waals surface area contributed by atoms with Crippen molar-refractivity contribution < 1.29 is 14.3 Å². The van der Waals surface area contributed by atoms with E-state index in [1.165, 1.54) is 0 Å². The highest BCUT2D eigenvalue weighted by Gasteiger charge is 2.30. The van der Waals surface area contributed by atoms with Crippen LogP contribution in [0.15, 0.2) is 54.6 Å². The van der Waals surface area contributed by atoms with Crippen molar-refractivity contribution in [1.82, 2.24) is 9.47 Å². The number of benzene rings is 2. The predicted octanol–water partition coefficient (Wildman–Crippen LogP) is 5.83. The van der Waals surface area contributed by atoms with Gasteiger partial charge >= 0.3 is 5.97 Å². The van der Waals surface area contributed by atoms with E-state index in [-0.39, 0.29) is 17.8 Å². The number of halogens is 1. The van der Waals surface area contributed by atoms with Gasteiger partial charge in [0.2, 0.25) is 0 Å². The molecule has 1 fully saturated rings. The molecule has 6 heteroatoms. The third kappa shape index (κ3) is 4.69. The topological polar surface area (TPSA) is 51.5 Å². The fraction of sp³-hybridized carbons (Fsp3) is 0.333. The molecule has 0 unspecified atom stereocenters. The van der Waals surface area contributed by atoms with Crippen LogP contribution in [0, 0.1) is 19.8 Å². The van der Waals surface area contributed by atoms with E-state index in [1.54, 1.807) is 0 Å². The minimum atomic E-state index is -0.156. The third-order valence-electron chi connectivity index (χ3n) is 6.38. The molecule has 0 N–H and O–H groups in total. The van der Waals surface area contributed by atoms with Gasteiger partial charge in [-0.3, -0.25) is 9.59 Å². The monoisotopic (exact) mass is 464 g/mol. The van der Waals surface area contributed by atoms with E-state index in [0.717, 1.165) is 28.2 Å². The minimum Gasteiger partial charge on any atom is -0.466 e. The Morgan fingerprint density at radius 2 is 1.70 bits per heavy atom. The second kappa shape index (κ2) is 9.84. The summed E-state index contributed by atoms with van der Waals surface area (Å²) in [6.45, 7) is 7.36. The lowest BCUT2D eigenvalue weighted by atomic mass is 9.96. The second-order valence-electron chi connectivity index (χ2n) is 8.48. The number of rotatable bonds is 5. The Hall–Kier alpha value is -3.05. The number of carbonyl (C=O) groups is 2. The predicted molar refractivity (Wildman–Crippen MR) is 131 cm³/mol. The van der Waals surface area contributed by atoms with E-state index in [1.807, 2.05) is 61.2 Å². The first-order valence-electron chi connectivity index (χ1n) is 11.4. The van der Waals surface area contributed by atoms with E-state index in [0.29, 0.717) is 43.1 Å². The van der Waals surface area contributed by atoms with E-state index in [4.69, 9.17) is 16.3 Å². The fourth-order valence-corrected chi connectivity index (χ4v) is 4.66. The quantitative estimate of drug-likeness (QED) is 0.446. The average Bonchev–Trinajstić information content (AvgIpc) is 3.16. The maximum atomic E-state index is 13.6. The number of nitrogens with zero attached hydrogens (tertiary/aromatic N) is 2. The summed E-state index contributed by atoms with van der Waals surface area (Å²) in [4.78, 5) is 27.5. The normalized spacial score (nSPS) is 14.4. The zero-order chi connectivity index (χ0) is 23.5. The number of hydrogen-bond acceptors (Lipinski definition) is 3. The summed E-state index contributed by atoms with van der Waals surface area (Å²) in [5.41, 5.74) is 5.68. The highest BCUT2D eigenvalue weighted by molar-refractivity contribution is 6.30. The molecule has 5 nitrogen and oxygen atoms in total. The molecule has 3 aromatic rings. The van der Waals surface area contributed by atoms with E-state index < -0.39 is 0 Å². The van der Waals surface area contributed by atoms with Gasteiger partial charge in [-0.2, -0.15) is 0 Å². The van der Waals surface area contributed by atoms with Gasteiger partial charge in [-0.25, -0.2) is 0 Å².